The van der Waals surface area contributed by atoms with Crippen molar-refractivity contribution in [2.45, 2.75) is 0 Å². The van der Waals surface area contributed by atoms with Crippen molar-refractivity contribution in [2.75, 3.05) is 42.2 Å². The topological polar surface area (TPSA) is 58.4 Å². The molecule has 1 fully saturated rings. The number of nitrogens with two attached hydrogens (primary N) is 1. The maximum absolute atomic E-state index is 11.8. The molecule has 0 bridgehead atoms. The molecule has 92 valence electrons. The highest BCUT2D eigenvalue weighted by atomic mass is 32.2. The molecule has 1 amide bonds. The van der Waals surface area contributed by atoms with Gasteiger partial charge in [-0.1, -0.05) is 0 Å². The summed E-state index contributed by atoms with van der Waals surface area (Å²) in [5.41, 5.74) is 7.09. The van der Waals surface area contributed by atoms with Gasteiger partial charge >= 0.3 is 0 Å². The van der Waals surface area contributed by atoms with Crippen molar-refractivity contribution in [2.24, 2.45) is 0 Å². The molecule has 1 aliphatic heterocycles. The third-order valence-electron chi connectivity index (χ3n) is 2.67. The van der Waals surface area contributed by atoms with E-state index in [-0.39, 0.29) is 5.91 Å². The number of anilines is 2. The smallest absolute Gasteiger partial charge is 0.238 e. The zero-order chi connectivity index (χ0) is 12.1. The summed E-state index contributed by atoms with van der Waals surface area (Å²) in [5.74, 6) is 2.28. The van der Waals surface area contributed by atoms with Crippen molar-refractivity contribution in [3.8, 4) is 0 Å². The number of carbonyl (C=O) groups excluding carboxylic acids is 1. The van der Waals surface area contributed by atoms with E-state index in [9.17, 15) is 4.79 Å². The first kappa shape index (κ1) is 12.3. The van der Waals surface area contributed by atoms with Gasteiger partial charge < -0.3 is 11.1 Å². The minimum absolute atomic E-state index is 0.0432. The number of hydrogen-bond donors (Lipinski definition) is 2. The molecule has 1 saturated heterocycles. The first-order valence-electron chi connectivity index (χ1n) is 5.69. The highest BCUT2D eigenvalue weighted by Crippen LogP contribution is 2.11. The predicted molar refractivity (Wildman–Crippen MR) is 73.2 cm³/mol. The number of carbonyl (C=O) groups is 1. The third-order valence-corrected chi connectivity index (χ3v) is 3.61. The Hall–Kier alpha value is -1.20. The van der Waals surface area contributed by atoms with Crippen LogP contribution in [0.5, 0.6) is 0 Å². The van der Waals surface area contributed by atoms with Crippen molar-refractivity contribution in [3.05, 3.63) is 24.3 Å². The van der Waals surface area contributed by atoms with Gasteiger partial charge in [0, 0.05) is 36.0 Å². The summed E-state index contributed by atoms with van der Waals surface area (Å²) >= 11 is 1.94. The van der Waals surface area contributed by atoms with Crippen molar-refractivity contribution in [1.29, 1.82) is 0 Å². The lowest BCUT2D eigenvalue weighted by molar-refractivity contribution is -0.117. The Bertz CT molecular complexity index is 374. The van der Waals surface area contributed by atoms with Crippen LogP contribution < -0.4 is 11.1 Å². The van der Waals surface area contributed by atoms with Crippen LogP contribution in [0.2, 0.25) is 0 Å². The molecular weight excluding hydrogens is 234 g/mol. The van der Waals surface area contributed by atoms with Crippen molar-refractivity contribution in [1.82, 2.24) is 4.90 Å². The van der Waals surface area contributed by atoms with Gasteiger partial charge in [-0.3, -0.25) is 9.69 Å². The van der Waals surface area contributed by atoms with E-state index in [4.69, 9.17) is 5.73 Å². The predicted octanol–water partition coefficient (Wildman–Crippen LogP) is 1.26. The fourth-order valence-corrected chi connectivity index (χ4v) is 2.71. The van der Waals surface area contributed by atoms with Gasteiger partial charge in [-0.2, -0.15) is 11.8 Å². The molecular formula is C12H17N3OS. The zero-order valence-corrected chi connectivity index (χ0v) is 10.5. The van der Waals surface area contributed by atoms with Crippen LogP contribution in [0.1, 0.15) is 0 Å². The number of nitrogens with one attached hydrogen (secondary N) is 1. The molecule has 1 aromatic rings. The lowest BCUT2D eigenvalue weighted by Gasteiger charge is -2.25. The lowest BCUT2D eigenvalue weighted by atomic mass is 10.3. The molecule has 0 unspecified atom stereocenters. The Labute approximate surface area is 106 Å². The molecule has 3 N–H and O–H groups in total. The summed E-state index contributed by atoms with van der Waals surface area (Å²) in [6, 6.07) is 7.21. The fourth-order valence-electron chi connectivity index (χ4n) is 1.73. The quantitative estimate of drug-likeness (QED) is 0.794. The second kappa shape index (κ2) is 5.93. The number of nitrogen functional groups attached to an aromatic ring is 1. The number of nitrogens with zero attached hydrogens (tertiary/aromatic N) is 1. The second-order valence-corrected chi connectivity index (χ2v) is 5.28. The van der Waals surface area contributed by atoms with Gasteiger partial charge in [-0.15, -0.1) is 0 Å². The normalized spacial score (nSPS) is 16.7. The van der Waals surface area contributed by atoms with Crippen LogP contribution in [-0.4, -0.2) is 41.9 Å². The van der Waals surface area contributed by atoms with E-state index in [0.717, 1.165) is 30.3 Å². The molecule has 17 heavy (non-hydrogen) atoms. The van der Waals surface area contributed by atoms with Gasteiger partial charge in [0.05, 0.1) is 6.54 Å². The first-order valence-corrected chi connectivity index (χ1v) is 6.85. The number of benzene rings is 1. The maximum Gasteiger partial charge on any atom is 0.238 e. The SMILES string of the molecule is Nc1ccc(NC(=O)CN2CCSCC2)cc1. The summed E-state index contributed by atoms with van der Waals surface area (Å²) in [4.78, 5) is 14.0. The maximum atomic E-state index is 11.8. The Morgan fingerprint density at radius 1 is 1.29 bits per heavy atom. The van der Waals surface area contributed by atoms with Gasteiger partial charge in [0.25, 0.3) is 0 Å². The van der Waals surface area contributed by atoms with Crippen LogP contribution in [0, 0.1) is 0 Å². The average molecular weight is 251 g/mol. The second-order valence-electron chi connectivity index (χ2n) is 4.06. The minimum atomic E-state index is 0.0432. The van der Waals surface area contributed by atoms with E-state index in [1.165, 1.54) is 0 Å². The van der Waals surface area contributed by atoms with E-state index >= 15 is 0 Å². The van der Waals surface area contributed by atoms with Crippen molar-refractivity contribution in [3.63, 3.8) is 0 Å². The van der Waals surface area contributed by atoms with Crippen LogP contribution in [0.25, 0.3) is 0 Å². The molecule has 4 nitrogen and oxygen atoms in total. The Kier molecular flexibility index (Phi) is 4.28. The molecule has 0 spiro atoms. The van der Waals surface area contributed by atoms with E-state index in [1.807, 2.05) is 23.9 Å². The standard InChI is InChI=1S/C12H17N3OS/c13-10-1-3-11(4-2-10)14-12(16)9-15-5-7-17-8-6-15/h1-4H,5-9,13H2,(H,14,16). The van der Waals surface area contributed by atoms with E-state index < -0.39 is 0 Å². The van der Waals surface area contributed by atoms with Crippen LogP contribution >= 0.6 is 11.8 Å². The average Bonchev–Trinajstić information content (AvgIpc) is 2.33. The van der Waals surface area contributed by atoms with Gasteiger partial charge in [0.15, 0.2) is 0 Å². The zero-order valence-electron chi connectivity index (χ0n) is 9.69. The van der Waals surface area contributed by atoms with Gasteiger partial charge in [-0.05, 0) is 24.3 Å². The van der Waals surface area contributed by atoms with Gasteiger partial charge in [0.1, 0.15) is 0 Å². The van der Waals surface area contributed by atoms with Crippen LogP contribution in [0.4, 0.5) is 11.4 Å². The number of hydrogen-bond acceptors (Lipinski definition) is 4. The summed E-state index contributed by atoms with van der Waals surface area (Å²) < 4.78 is 0. The van der Waals surface area contributed by atoms with E-state index in [0.29, 0.717) is 12.2 Å². The van der Waals surface area contributed by atoms with Crippen molar-refractivity contribution < 1.29 is 4.79 Å². The van der Waals surface area contributed by atoms with Gasteiger partial charge in [-0.25, -0.2) is 0 Å². The van der Waals surface area contributed by atoms with Crippen LogP contribution in [0.15, 0.2) is 24.3 Å². The molecule has 1 aliphatic rings. The molecule has 2 rings (SSSR count). The molecule has 1 heterocycles. The largest absolute Gasteiger partial charge is 0.399 e. The van der Waals surface area contributed by atoms with Crippen LogP contribution in [-0.2, 0) is 4.79 Å². The summed E-state index contributed by atoms with van der Waals surface area (Å²) in [6.07, 6.45) is 0. The molecule has 0 saturated carbocycles. The summed E-state index contributed by atoms with van der Waals surface area (Å²) in [7, 11) is 0. The third kappa shape index (κ3) is 3.94. The number of thioether (sulfide) groups is 1. The molecule has 1 aromatic carbocycles. The Balaban J connectivity index is 1.82. The number of rotatable bonds is 3. The highest BCUT2D eigenvalue weighted by molar-refractivity contribution is 7.99. The molecule has 0 atom stereocenters. The molecule has 0 aliphatic carbocycles. The fraction of sp³-hybridized carbons (Fsp3) is 0.417. The summed E-state index contributed by atoms with van der Waals surface area (Å²) in [5, 5.41) is 2.87. The summed E-state index contributed by atoms with van der Waals surface area (Å²) in [6.45, 7) is 2.48. The molecule has 0 radical (unpaired) electrons. The molecule has 5 heteroatoms. The van der Waals surface area contributed by atoms with Gasteiger partial charge in [0.2, 0.25) is 5.91 Å². The van der Waals surface area contributed by atoms with E-state index in [2.05, 4.69) is 10.2 Å². The van der Waals surface area contributed by atoms with E-state index in [1.54, 1.807) is 12.1 Å². The number of amides is 1. The van der Waals surface area contributed by atoms with Crippen molar-refractivity contribution >= 4 is 29.0 Å². The highest BCUT2D eigenvalue weighted by Gasteiger charge is 2.13. The molecule has 0 aromatic heterocycles. The first-order chi connectivity index (χ1) is 8.24. The van der Waals surface area contributed by atoms with Crippen LogP contribution in [0.3, 0.4) is 0 Å². The monoisotopic (exact) mass is 251 g/mol. The Morgan fingerprint density at radius 2 is 1.94 bits per heavy atom. The lowest BCUT2D eigenvalue weighted by Crippen LogP contribution is -2.38. The Morgan fingerprint density at radius 3 is 2.59 bits per heavy atom. The minimum Gasteiger partial charge on any atom is -0.399 e.